The number of hydrogen-bond acceptors (Lipinski definition) is 3. The van der Waals surface area contributed by atoms with E-state index in [1.54, 1.807) is 7.11 Å². The van der Waals surface area contributed by atoms with E-state index < -0.39 is 0 Å². The number of nitrogens with zero attached hydrogens (tertiary/aromatic N) is 1. The number of ether oxygens (including phenoxy) is 1. The Morgan fingerprint density at radius 1 is 1.09 bits per heavy atom. The molecular formula is C19H35NO2. The highest BCUT2D eigenvalue weighted by atomic mass is 16.5. The third-order valence-corrected chi connectivity index (χ3v) is 6.04. The van der Waals surface area contributed by atoms with Gasteiger partial charge in [-0.25, -0.2) is 0 Å². The molecule has 2 rings (SSSR count). The highest BCUT2D eigenvalue weighted by molar-refractivity contribution is 5.74. The maximum absolute atomic E-state index is 12.3. The number of fused-ring (bicyclic) bond motifs is 2. The summed E-state index contributed by atoms with van der Waals surface area (Å²) in [5.74, 6) is 0.704. The third kappa shape index (κ3) is 4.24. The monoisotopic (exact) mass is 309 g/mol. The first-order valence-corrected chi connectivity index (χ1v) is 9.48. The fraction of sp³-hybridized carbons (Fsp3) is 0.947. The number of rotatable bonds is 9. The van der Waals surface area contributed by atoms with Gasteiger partial charge in [-0.3, -0.25) is 9.69 Å². The maximum atomic E-state index is 12.3. The van der Waals surface area contributed by atoms with Crippen molar-refractivity contribution >= 4 is 5.97 Å². The Morgan fingerprint density at radius 2 is 1.77 bits per heavy atom. The molecule has 3 heteroatoms. The third-order valence-electron chi connectivity index (χ3n) is 6.04. The highest BCUT2D eigenvalue weighted by Gasteiger charge is 2.48. The summed E-state index contributed by atoms with van der Waals surface area (Å²) in [6.07, 6.45) is 14.3. The molecule has 0 aromatic rings. The summed E-state index contributed by atoms with van der Waals surface area (Å²) in [5, 5.41) is 0. The molecule has 0 unspecified atom stereocenters. The first-order valence-electron chi connectivity index (χ1n) is 9.48. The number of hydrogen-bond donors (Lipinski definition) is 0. The van der Waals surface area contributed by atoms with Crippen LogP contribution in [0, 0.1) is 11.8 Å². The maximum Gasteiger partial charge on any atom is 0.310 e. The van der Waals surface area contributed by atoms with Crippen LogP contribution in [0.2, 0.25) is 0 Å². The molecule has 0 aromatic heterocycles. The van der Waals surface area contributed by atoms with Gasteiger partial charge >= 0.3 is 5.97 Å². The molecule has 0 spiro atoms. The second kappa shape index (κ2) is 8.90. The molecule has 128 valence electrons. The lowest BCUT2D eigenvalue weighted by Gasteiger charge is -2.41. The zero-order chi connectivity index (χ0) is 15.9. The Balaban J connectivity index is 1.77. The summed E-state index contributed by atoms with van der Waals surface area (Å²) in [6.45, 7) is 2.27. The van der Waals surface area contributed by atoms with E-state index in [4.69, 9.17) is 4.74 Å². The van der Waals surface area contributed by atoms with E-state index in [9.17, 15) is 4.79 Å². The molecule has 22 heavy (non-hydrogen) atoms. The zero-order valence-electron chi connectivity index (χ0n) is 14.9. The molecule has 4 atom stereocenters. The summed E-state index contributed by atoms with van der Waals surface area (Å²) in [6, 6.07) is 1.14. The van der Waals surface area contributed by atoms with Gasteiger partial charge in [0.15, 0.2) is 0 Å². The minimum Gasteiger partial charge on any atom is -0.469 e. The van der Waals surface area contributed by atoms with Crippen molar-refractivity contribution in [2.45, 2.75) is 89.6 Å². The van der Waals surface area contributed by atoms with Gasteiger partial charge in [0, 0.05) is 12.1 Å². The fourth-order valence-electron chi connectivity index (χ4n) is 4.72. The van der Waals surface area contributed by atoms with Gasteiger partial charge in [0.2, 0.25) is 0 Å². The Labute approximate surface area is 136 Å². The normalized spacial score (nSPS) is 31.4. The molecule has 0 amide bonds. The molecular weight excluding hydrogens is 274 g/mol. The van der Waals surface area contributed by atoms with Gasteiger partial charge in [-0.1, -0.05) is 51.9 Å². The summed E-state index contributed by atoms with van der Waals surface area (Å²) >= 11 is 0. The summed E-state index contributed by atoms with van der Waals surface area (Å²) in [5.41, 5.74) is 0. The average Bonchev–Trinajstić information content (AvgIpc) is 2.76. The van der Waals surface area contributed by atoms with E-state index in [0.29, 0.717) is 18.0 Å². The van der Waals surface area contributed by atoms with Gasteiger partial charge < -0.3 is 4.74 Å². The Morgan fingerprint density at radius 3 is 2.45 bits per heavy atom. The van der Waals surface area contributed by atoms with Crippen LogP contribution in [0.15, 0.2) is 0 Å². The van der Waals surface area contributed by atoms with Gasteiger partial charge in [0.1, 0.15) is 0 Å². The second-order valence-electron chi connectivity index (χ2n) is 7.42. The van der Waals surface area contributed by atoms with Crippen LogP contribution >= 0.6 is 0 Å². The summed E-state index contributed by atoms with van der Waals surface area (Å²) < 4.78 is 5.13. The molecule has 2 bridgehead atoms. The molecule has 0 radical (unpaired) electrons. The minimum absolute atomic E-state index is 0.0325. The van der Waals surface area contributed by atoms with Crippen LogP contribution in [-0.2, 0) is 9.53 Å². The van der Waals surface area contributed by atoms with Crippen LogP contribution in [0.1, 0.15) is 77.6 Å². The van der Waals surface area contributed by atoms with Crippen molar-refractivity contribution in [2.24, 2.45) is 11.8 Å². The molecule has 0 N–H and O–H groups in total. The van der Waals surface area contributed by atoms with Crippen molar-refractivity contribution in [2.75, 3.05) is 14.2 Å². The average molecular weight is 309 g/mol. The minimum atomic E-state index is 0.0325. The van der Waals surface area contributed by atoms with Crippen LogP contribution < -0.4 is 0 Å². The molecule has 0 aliphatic carbocycles. The van der Waals surface area contributed by atoms with Crippen molar-refractivity contribution < 1.29 is 9.53 Å². The van der Waals surface area contributed by atoms with Gasteiger partial charge in [-0.2, -0.15) is 0 Å². The van der Waals surface area contributed by atoms with E-state index in [2.05, 4.69) is 18.9 Å². The zero-order valence-corrected chi connectivity index (χ0v) is 14.9. The molecule has 2 aliphatic rings. The fourth-order valence-corrected chi connectivity index (χ4v) is 4.72. The van der Waals surface area contributed by atoms with E-state index >= 15 is 0 Å². The number of carbonyl (C=O) groups excluding carboxylic acids is 1. The molecule has 0 saturated carbocycles. The lowest BCUT2D eigenvalue weighted by atomic mass is 9.77. The van der Waals surface area contributed by atoms with Crippen LogP contribution in [0.5, 0.6) is 0 Å². The molecule has 2 aliphatic heterocycles. The SMILES string of the molecule is CCCCCCCCC[C@H]1C[C@@H]2CC[C@H]([C@H]1C(=O)OC)N2C. The number of piperidine rings is 1. The van der Waals surface area contributed by atoms with Gasteiger partial charge in [-0.15, -0.1) is 0 Å². The smallest absolute Gasteiger partial charge is 0.310 e. The standard InChI is InChI=1S/C19H35NO2/c1-4-5-6-7-8-9-10-11-15-14-16-12-13-17(20(16)2)18(15)19(21)22-3/h15-18H,4-14H2,1-3H3/t15-,16-,17+,18-/m0/s1. The van der Waals surface area contributed by atoms with Crippen molar-refractivity contribution in [3.63, 3.8) is 0 Å². The Bertz CT molecular complexity index is 344. The number of methoxy groups -OCH3 is 1. The van der Waals surface area contributed by atoms with E-state index in [1.165, 1.54) is 70.6 Å². The predicted molar refractivity (Wildman–Crippen MR) is 90.8 cm³/mol. The number of carbonyl (C=O) groups is 1. The first kappa shape index (κ1) is 17.8. The lowest BCUT2D eigenvalue weighted by Crippen LogP contribution is -2.49. The molecule has 2 saturated heterocycles. The van der Waals surface area contributed by atoms with Crippen LogP contribution in [-0.4, -0.2) is 37.1 Å². The Hall–Kier alpha value is -0.570. The molecule has 0 aromatic carbocycles. The Kier molecular flexibility index (Phi) is 7.20. The van der Waals surface area contributed by atoms with Crippen LogP contribution in [0.3, 0.4) is 0 Å². The van der Waals surface area contributed by atoms with Crippen LogP contribution in [0.25, 0.3) is 0 Å². The summed E-state index contributed by atoms with van der Waals surface area (Å²) in [4.78, 5) is 14.7. The van der Waals surface area contributed by atoms with Gasteiger partial charge in [0.05, 0.1) is 13.0 Å². The molecule has 3 nitrogen and oxygen atoms in total. The largest absolute Gasteiger partial charge is 0.469 e. The topological polar surface area (TPSA) is 29.5 Å². The number of unbranched alkanes of at least 4 members (excludes halogenated alkanes) is 6. The lowest BCUT2D eigenvalue weighted by molar-refractivity contribution is -0.152. The second-order valence-corrected chi connectivity index (χ2v) is 7.42. The van der Waals surface area contributed by atoms with Gasteiger partial charge in [-0.05, 0) is 38.6 Å². The number of esters is 1. The molecule has 2 fully saturated rings. The van der Waals surface area contributed by atoms with E-state index in [1.807, 2.05) is 0 Å². The highest BCUT2D eigenvalue weighted by Crippen LogP contribution is 2.43. The van der Waals surface area contributed by atoms with Crippen LogP contribution in [0.4, 0.5) is 0 Å². The molecule has 2 heterocycles. The predicted octanol–water partition coefficient (Wildman–Crippen LogP) is 4.40. The first-order chi connectivity index (χ1) is 10.7. The van der Waals surface area contributed by atoms with Gasteiger partial charge in [0.25, 0.3) is 0 Å². The summed E-state index contributed by atoms with van der Waals surface area (Å²) in [7, 11) is 3.75. The van der Waals surface area contributed by atoms with E-state index in [0.717, 1.165) is 0 Å². The van der Waals surface area contributed by atoms with E-state index in [-0.39, 0.29) is 11.9 Å². The van der Waals surface area contributed by atoms with Crippen molar-refractivity contribution in [1.29, 1.82) is 0 Å². The van der Waals surface area contributed by atoms with Crippen molar-refractivity contribution in [3.8, 4) is 0 Å². The quantitative estimate of drug-likeness (QED) is 0.467. The van der Waals surface area contributed by atoms with Crippen molar-refractivity contribution in [1.82, 2.24) is 4.90 Å². The van der Waals surface area contributed by atoms with Crippen molar-refractivity contribution in [3.05, 3.63) is 0 Å².